The van der Waals surface area contributed by atoms with Crippen LogP contribution in [0.3, 0.4) is 0 Å². The summed E-state index contributed by atoms with van der Waals surface area (Å²) in [5, 5.41) is 2.38. The Kier molecular flexibility index (Phi) is 8.18. The zero-order chi connectivity index (χ0) is 40.4. The van der Waals surface area contributed by atoms with Crippen LogP contribution < -0.4 is 30.8 Å². The van der Waals surface area contributed by atoms with Crippen molar-refractivity contribution in [1.82, 2.24) is 4.57 Å². The molecule has 0 spiro atoms. The molecule has 6 aromatic carbocycles. The normalized spacial score (nSPS) is 13.9. The summed E-state index contributed by atoms with van der Waals surface area (Å²) >= 11 is 0. The first kappa shape index (κ1) is 37.2. The van der Waals surface area contributed by atoms with Crippen molar-refractivity contribution < 1.29 is 9.47 Å². The van der Waals surface area contributed by atoms with Gasteiger partial charge in [0.2, 0.25) is 0 Å². The molecule has 288 valence electrons. The van der Waals surface area contributed by atoms with Gasteiger partial charge in [-0.15, -0.1) is 0 Å². The van der Waals surface area contributed by atoms with E-state index < -0.39 is 0 Å². The third-order valence-corrected chi connectivity index (χ3v) is 12.0. The second-order valence-corrected chi connectivity index (χ2v) is 20.3. The maximum Gasteiger partial charge on any atom is 0.260 e. The highest BCUT2D eigenvalue weighted by Crippen LogP contribution is 2.51. The average molecular weight is 751 g/mol. The van der Waals surface area contributed by atoms with Crippen LogP contribution >= 0.6 is 0 Å². The molecule has 0 N–H and O–H groups in total. The maximum atomic E-state index is 7.37. The Morgan fingerprint density at radius 2 is 1.04 bits per heavy atom. The van der Waals surface area contributed by atoms with Gasteiger partial charge in [0, 0.05) is 38.7 Å². The summed E-state index contributed by atoms with van der Waals surface area (Å²) < 4.78 is 16.6. The van der Waals surface area contributed by atoms with Gasteiger partial charge in [0.25, 0.3) is 6.71 Å². The van der Waals surface area contributed by atoms with E-state index in [2.05, 4.69) is 208 Å². The lowest BCUT2D eigenvalue weighted by Gasteiger charge is -2.37. The maximum absolute atomic E-state index is 7.37. The highest BCUT2D eigenvalue weighted by Gasteiger charge is 2.43. The van der Waals surface area contributed by atoms with E-state index >= 15 is 0 Å². The minimum Gasteiger partial charge on any atom is -0.458 e. The smallest absolute Gasteiger partial charge is 0.260 e. The lowest BCUT2D eigenvalue weighted by molar-refractivity contribution is 0.423. The van der Waals surface area contributed by atoms with Crippen molar-refractivity contribution in [3.8, 4) is 23.0 Å². The fourth-order valence-electron chi connectivity index (χ4n) is 9.02. The summed E-state index contributed by atoms with van der Waals surface area (Å²) in [6.45, 7) is 27.4. The summed E-state index contributed by atoms with van der Waals surface area (Å²) in [5.41, 5.74) is 12.7. The van der Waals surface area contributed by atoms with Crippen LogP contribution in [0.25, 0.3) is 21.8 Å². The van der Waals surface area contributed by atoms with Crippen LogP contribution in [0.4, 0.5) is 17.1 Å². The number of hydrogen-bond donors (Lipinski definition) is 0. The van der Waals surface area contributed by atoms with Gasteiger partial charge in [-0.25, -0.2) is 0 Å². The highest BCUT2D eigenvalue weighted by atomic mass is 16.5. The Labute approximate surface area is 339 Å². The number of ether oxygens (including phenoxy) is 2. The quantitative estimate of drug-likeness (QED) is 0.168. The van der Waals surface area contributed by atoms with E-state index in [0.29, 0.717) is 0 Å². The second-order valence-electron chi connectivity index (χ2n) is 20.3. The molecule has 0 bridgehead atoms. The van der Waals surface area contributed by atoms with Crippen LogP contribution in [0.1, 0.15) is 99.8 Å². The van der Waals surface area contributed by atoms with Crippen LogP contribution in [0.5, 0.6) is 23.0 Å². The largest absolute Gasteiger partial charge is 0.458 e. The fraction of sp³-hybridized carbons (Fsp3) is 0.308. The van der Waals surface area contributed by atoms with Crippen molar-refractivity contribution in [2.75, 3.05) is 4.90 Å². The van der Waals surface area contributed by atoms with Gasteiger partial charge in [0.05, 0.1) is 11.2 Å². The Morgan fingerprint density at radius 1 is 0.491 bits per heavy atom. The zero-order valence-electron chi connectivity index (χ0n) is 35.8. The molecule has 0 amide bonds. The number of rotatable bonds is 3. The minimum atomic E-state index is -0.216. The number of para-hydroxylation sites is 1. The number of anilines is 3. The van der Waals surface area contributed by atoms with Gasteiger partial charge >= 0.3 is 0 Å². The van der Waals surface area contributed by atoms with E-state index in [1.165, 1.54) is 44.0 Å². The predicted molar refractivity (Wildman–Crippen MR) is 243 cm³/mol. The first-order valence-corrected chi connectivity index (χ1v) is 20.6. The van der Waals surface area contributed by atoms with Crippen LogP contribution in [0.2, 0.25) is 0 Å². The van der Waals surface area contributed by atoms with Crippen LogP contribution in [-0.4, -0.2) is 11.3 Å². The van der Waals surface area contributed by atoms with Crippen molar-refractivity contribution in [2.24, 2.45) is 0 Å². The van der Waals surface area contributed by atoms with Crippen molar-refractivity contribution in [3.05, 3.63) is 132 Å². The molecule has 4 nitrogen and oxygen atoms in total. The van der Waals surface area contributed by atoms with Crippen LogP contribution in [-0.2, 0) is 21.8 Å². The van der Waals surface area contributed by atoms with E-state index in [4.69, 9.17) is 9.47 Å². The molecule has 0 aliphatic carbocycles. The molecule has 57 heavy (non-hydrogen) atoms. The van der Waals surface area contributed by atoms with Gasteiger partial charge in [-0.05, 0) is 119 Å². The summed E-state index contributed by atoms with van der Waals surface area (Å²) in [5.74, 6) is 3.46. The molecule has 0 fully saturated rings. The number of aromatic nitrogens is 1. The number of hydrogen-bond acceptors (Lipinski definition) is 3. The number of nitrogens with zero attached hydrogens (tertiary/aromatic N) is 2. The van der Waals surface area contributed by atoms with E-state index in [1.54, 1.807) is 0 Å². The first-order valence-electron chi connectivity index (χ1n) is 20.6. The lowest BCUT2D eigenvalue weighted by Crippen LogP contribution is -2.57. The van der Waals surface area contributed by atoms with Crippen molar-refractivity contribution in [2.45, 2.75) is 105 Å². The molecule has 0 radical (unpaired) electrons. The number of benzene rings is 6. The molecule has 0 atom stereocenters. The van der Waals surface area contributed by atoms with E-state index in [9.17, 15) is 0 Å². The molecule has 1 aromatic heterocycles. The predicted octanol–water partition coefficient (Wildman–Crippen LogP) is 12.6. The molecular weight excluding hydrogens is 695 g/mol. The average Bonchev–Trinajstić information content (AvgIpc) is 3.48. The summed E-state index contributed by atoms with van der Waals surface area (Å²) in [7, 11) is 0. The molecule has 3 heterocycles. The minimum absolute atomic E-state index is 0.0178. The highest BCUT2D eigenvalue weighted by molar-refractivity contribution is 6.98. The monoisotopic (exact) mass is 750 g/mol. The molecular formula is C52H55BN2O2. The molecule has 2 aliphatic heterocycles. The Bertz CT molecular complexity index is 2650. The molecule has 2 aliphatic rings. The van der Waals surface area contributed by atoms with Gasteiger partial charge in [-0.2, -0.15) is 0 Å². The second kappa shape index (κ2) is 12.5. The Hall–Kier alpha value is -5.42. The zero-order valence-corrected chi connectivity index (χ0v) is 35.8. The third kappa shape index (κ3) is 6.04. The molecule has 0 saturated carbocycles. The van der Waals surface area contributed by atoms with Crippen LogP contribution in [0.15, 0.2) is 115 Å². The van der Waals surface area contributed by atoms with Gasteiger partial charge in [0.1, 0.15) is 23.0 Å². The first-order chi connectivity index (χ1) is 26.8. The summed E-state index contributed by atoms with van der Waals surface area (Å²) in [6, 6.07) is 42.7. The molecule has 7 aromatic rings. The molecule has 5 heteroatoms. The fourth-order valence-corrected chi connectivity index (χ4v) is 9.02. The SMILES string of the molecule is CC(C)(C)c1ccc(N(c2ccc(C(C)(C)C)cc2)c2c3c(cc4c2c2ccccc2n4C(C)(C)C)B2c4cc(C(C)(C)C)ccc4Oc4cccc(c42)O3)cc1. The summed E-state index contributed by atoms with van der Waals surface area (Å²) in [6.07, 6.45) is 0. The lowest BCUT2D eigenvalue weighted by atomic mass is 9.34. The Balaban J connectivity index is 1.45. The van der Waals surface area contributed by atoms with E-state index in [0.717, 1.165) is 51.0 Å². The van der Waals surface area contributed by atoms with Gasteiger partial charge in [0.15, 0.2) is 0 Å². The van der Waals surface area contributed by atoms with E-state index in [-0.39, 0.29) is 28.5 Å². The standard InChI is InChI=1S/C52H55BN2O2/c1-49(2,3)32-20-25-35(26-21-32)54(36-27-22-33(23-28-36)50(4,5)6)47-45-37-16-13-14-17-40(37)55(52(10,11)12)41(45)31-39-48(47)57-44-19-15-18-43-46(44)53(39)38-30-34(51(7,8)9)24-29-42(38)56-43/h13-31H,1-12H3. The Morgan fingerprint density at radius 3 is 1.60 bits per heavy atom. The van der Waals surface area contributed by atoms with Crippen LogP contribution in [0, 0.1) is 0 Å². The van der Waals surface area contributed by atoms with Crippen molar-refractivity contribution in [3.63, 3.8) is 0 Å². The van der Waals surface area contributed by atoms with Crippen molar-refractivity contribution in [1.29, 1.82) is 0 Å². The van der Waals surface area contributed by atoms with E-state index in [1.807, 2.05) is 0 Å². The van der Waals surface area contributed by atoms with Gasteiger partial charge in [-0.3, -0.25) is 0 Å². The van der Waals surface area contributed by atoms with Crippen molar-refractivity contribution >= 4 is 62.0 Å². The van der Waals surface area contributed by atoms with Gasteiger partial charge < -0.3 is 18.9 Å². The molecule has 9 rings (SSSR count). The molecule has 0 unspecified atom stereocenters. The van der Waals surface area contributed by atoms with Gasteiger partial charge in [-0.1, -0.05) is 123 Å². The topological polar surface area (TPSA) is 26.6 Å². The summed E-state index contributed by atoms with van der Waals surface area (Å²) in [4.78, 5) is 2.46. The molecule has 0 saturated heterocycles. The number of fused-ring (bicyclic) bond motifs is 7. The third-order valence-electron chi connectivity index (χ3n) is 12.0.